The van der Waals surface area contributed by atoms with Crippen LogP contribution in [0, 0.1) is 19.1 Å². The van der Waals surface area contributed by atoms with Crippen molar-refractivity contribution < 1.29 is 4.92 Å². The van der Waals surface area contributed by atoms with Crippen molar-refractivity contribution in [3.05, 3.63) is 31.9 Å². The molecule has 1 aliphatic carbocycles. The predicted octanol–water partition coefficient (Wildman–Crippen LogP) is 3.80. The molecule has 5 heteroatoms. The molecule has 0 aromatic heterocycles. The van der Waals surface area contributed by atoms with Crippen LogP contribution in [0.25, 0.3) is 0 Å². The molecule has 0 spiro atoms. The Morgan fingerprint density at radius 1 is 1.53 bits per heavy atom. The number of benzene rings is 1. The average Bonchev–Trinajstić information content (AvgIpc) is 2.24. The van der Waals surface area contributed by atoms with Crippen LogP contribution < -0.4 is 5.32 Å². The van der Waals surface area contributed by atoms with Gasteiger partial charge in [-0.3, -0.25) is 10.1 Å². The minimum absolute atomic E-state index is 0.148. The van der Waals surface area contributed by atoms with Gasteiger partial charge in [0.2, 0.25) is 0 Å². The fourth-order valence-electron chi connectivity index (χ4n) is 2.03. The van der Waals surface area contributed by atoms with Crippen LogP contribution in [0.2, 0.25) is 0 Å². The van der Waals surface area contributed by atoms with E-state index in [2.05, 4.69) is 34.8 Å². The van der Waals surface area contributed by atoms with E-state index in [0.717, 1.165) is 15.8 Å². The highest BCUT2D eigenvalue weighted by atomic mass is 127. The molecule has 92 valence electrons. The molecule has 1 fully saturated rings. The molecule has 0 aliphatic heterocycles. The summed E-state index contributed by atoms with van der Waals surface area (Å²) in [5.74, 6) is 0. The molecule has 1 aliphatic rings. The summed E-state index contributed by atoms with van der Waals surface area (Å²) in [6.45, 7) is 3.22. The van der Waals surface area contributed by atoms with Gasteiger partial charge in [-0.05, 0) is 46.9 Å². The predicted molar refractivity (Wildman–Crippen MR) is 76.3 cm³/mol. The first kappa shape index (κ1) is 12.6. The maximum atomic E-state index is 10.6. The van der Waals surface area contributed by atoms with Crippen molar-refractivity contribution in [2.45, 2.75) is 26.2 Å². The first-order chi connectivity index (χ1) is 8.00. The number of halogens is 1. The summed E-state index contributed by atoms with van der Waals surface area (Å²) in [4.78, 5) is 10.3. The zero-order valence-corrected chi connectivity index (χ0v) is 11.9. The Morgan fingerprint density at radius 2 is 2.24 bits per heavy atom. The van der Waals surface area contributed by atoms with Gasteiger partial charge in [0.15, 0.2) is 0 Å². The van der Waals surface area contributed by atoms with Crippen molar-refractivity contribution in [1.82, 2.24) is 0 Å². The minimum atomic E-state index is -0.362. The van der Waals surface area contributed by atoms with Crippen molar-refractivity contribution in [2.75, 3.05) is 11.9 Å². The Morgan fingerprint density at radius 3 is 2.71 bits per heavy atom. The summed E-state index contributed by atoms with van der Waals surface area (Å²) in [5.41, 5.74) is 1.55. The van der Waals surface area contributed by atoms with E-state index in [1.165, 1.54) is 19.3 Å². The number of rotatable bonds is 4. The van der Waals surface area contributed by atoms with E-state index < -0.39 is 0 Å². The molecule has 0 atom stereocenters. The van der Waals surface area contributed by atoms with Crippen molar-refractivity contribution in [3.8, 4) is 0 Å². The lowest BCUT2D eigenvalue weighted by Gasteiger charge is -2.38. The molecule has 1 aromatic carbocycles. The third-order valence-electron chi connectivity index (χ3n) is 3.43. The van der Waals surface area contributed by atoms with Gasteiger partial charge in [0.25, 0.3) is 5.69 Å². The second kappa shape index (κ2) is 4.80. The fraction of sp³-hybridized carbons (Fsp3) is 0.500. The maximum absolute atomic E-state index is 10.6. The van der Waals surface area contributed by atoms with Crippen LogP contribution in [-0.4, -0.2) is 11.5 Å². The topological polar surface area (TPSA) is 55.2 Å². The highest BCUT2D eigenvalue weighted by Gasteiger charge is 2.31. The van der Waals surface area contributed by atoms with Crippen molar-refractivity contribution >= 4 is 34.0 Å². The van der Waals surface area contributed by atoms with Gasteiger partial charge in [-0.25, -0.2) is 0 Å². The Kier molecular flexibility index (Phi) is 3.56. The van der Waals surface area contributed by atoms with E-state index in [0.29, 0.717) is 5.41 Å². The smallest absolute Gasteiger partial charge is 0.270 e. The Labute approximate surface area is 114 Å². The number of non-ortho nitro benzene ring substituents is 1. The Hall–Kier alpha value is -0.850. The van der Waals surface area contributed by atoms with E-state index >= 15 is 0 Å². The molecule has 0 bridgehead atoms. The molecule has 1 aromatic rings. The van der Waals surface area contributed by atoms with Gasteiger partial charge in [-0.15, -0.1) is 0 Å². The third-order valence-corrected chi connectivity index (χ3v) is 4.32. The standard InChI is InChI=1S/C12H15IN2O2/c1-12(5-2-6-12)8-14-11-4-3-9(15(16)17)7-10(11)13/h3-4,7,14H,2,5-6,8H2,1H3. The zero-order valence-electron chi connectivity index (χ0n) is 9.70. The van der Waals surface area contributed by atoms with Crippen molar-refractivity contribution in [2.24, 2.45) is 5.41 Å². The second-order valence-corrected chi connectivity index (χ2v) is 6.10. The van der Waals surface area contributed by atoms with Crippen LogP contribution in [0.15, 0.2) is 18.2 Å². The molecule has 0 radical (unpaired) electrons. The van der Waals surface area contributed by atoms with Gasteiger partial charge >= 0.3 is 0 Å². The average molecular weight is 346 g/mol. The number of nitrogens with zero attached hydrogens (tertiary/aromatic N) is 1. The van der Waals surface area contributed by atoms with Crippen LogP contribution in [0.5, 0.6) is 0 Å². The minimum Gasteiger partial charge on any atom is -0.384 e. The number of hydrogen-bond acceptors (Lipinski definition) is 3. The van der Waals surface area contributed by atoms with E-state index in [9.17, 15) is 10.1 Å². The Bertz CT molecular complexity index is 444. The van der Waals surface area contributed by atoms with Crippen molar-refractivity contribution in [1.29, 1.82) is 0 Å². The van der Waals surface area contributed by atoms with Crippen LogP contribution in [0.3, 0.4) is 0 Å². The van der Waals surface area contributed by atoms with Gasteiger partial charge in [-0.2, -0.15) is 0 Å². The molecular weight excluding hydrogens is 331 g/mol. The number of hydrogen-bond donors (Lipinski definition) is 1. The highest BCUT2D eigenvalue weighted by molar-refractivity contribution is 14.1. The molecule has 2 rings (SSSR count). The normalized spacial score (nSPS) is 17.3. The fourth-order valence-corrected chi connectivity index (χ4v) is 2.72. The van der Waals surface area contributed by atoms with Crippen LogP contribution >= 0.6 is 22.6 Å². The third kappa shape index (κ3) is 2.88. The lowest BCUT2D eigenvalue weighted by Crippen LogP contribution is -2.33. The van der Waals surface area contributed by atoms with E-state index in [-0.39, 0.29) is 10.6 Å². The lowest BCUT2D eigenvalue weighted by atomic mass is 9.70. The number of anilines is 1. The summed E-state index contributed by atoms with van der Waals surface area (Å²) in [6.07, 6.45) is 3.85. The molecule has 17 heavy (non-hydrogen) atoms. The summed E-state index contributed by atoms with van der Waals surface area (Å²) >= 11 is 2.13. The molecule has 0 amide bonds. The number of nitrogens with one attached hydrogen (secondary N) is 1. The first-order valence-corrected chi connectivity index (χ1v) is 6.76. The van der Waals surface area contributed by atoms with Gasteiger partial charge in [0.1, 0.15) is 0 Å². The summed E-state index contributed by atoms with van der Waals surface area (Å²) in [6, 6.07) is 4.95. The van der Waals surface area contributed by atoms with Gasteiger partial charge in [0.05, 0.1) is 4.92 Å². The molecule has 1 saturated carbocycles. The van der Waals surface area contributed by atoms with E-state index in [4.69, 9.17) is 0 Å². The van der Waals surface area contributed by atoms with E-state index in [1.807, 2.05) is 0 Å². The quantitative estimate of drug-likeness (QED) is 0.513. The second-order valence-electron chi connectivity index (χ2n) is 4.94. The highest BCUT2D eigenvalue weighted by Crippen LogP contribution is 2.40. The molecule has 4 nitrogen and oxygen atoms in total. The van der Waals surface area contributed by atoms with Crippen LogP contribution in [0.4, 0.5) is 11.4 Å². The maximum Gasteiger partial charge on any atom is 0.270 e. The van der Waals surface area contributed by atoms with Crippen molar-refractivity contribution in [3.63, 3.8) is 0 Å². The summed E-state index contributed by atoms with van der Waals surface area (Å²) < 4.78 is 0.903. The lowest BCUT2D eigenvalue weighted by molar-refractivity contribution is -0.384. The first-order valence-electron chi connectivity index (χ1n) is 5.68. The summed E-state index contributed by atoms with van der Waals surface area (Å²) in [5, 5.41) is 14.0. The zero-order chi connectivity index (χ0) is 12.5. The summed E-state index contributed by atoms with van der Waals surface area (Å²) in [7, 11) is 0. The molecule has 0 heterocycles. The number of nitro groups is 1. The molecule has 1 N–H and O–H groups in total. The SMILES string of the molecule is CC1(CNc2ccc([N+](=O)[O-])cc2I)CCC1. The van der Waals surface area contributed by atoms with Gasteiger partial charge in [0, 0.05) is 27.9 Å². The van der Waals surface area contributed by atoms with Crippen LogP contribution in [-0.2, 0) is 0 Å². The number of nitro benzene ring substituents is 1. The Balaban J connectivity index is 2.03. The molecule has 0 saturated heterocycles. The monoisotopic (exact) mass is 346 g/mol. The van der Waals surface area contributed by atoms with Gasteiger partial charge in [-0.1, -0.05) is 13.3 Å². The molecule has 0 unspecified atom stereocenters. The van der Waals surface area contributed by atoms with Crippen LogP contribution in [0.1, 0.15) is 26.2 Å². The van der Waals surface area contributed by atoms with Gasteiger partial charge < -0.3 is 5.32 Å². The largest absolute Gasteiger partial charge is 0.384 e. The molecular formula is C12H15IN2O2. The van der Waals surface area contributed by atoms with E-state index in [1.54, 1.807) is 18.2 Å².